The molecular weight excluding hydrogens is 1200 g/mol. The number of phenols is 2. The Bertz CT molecular complexity index is 3860. The lowest BCUT2D eigenvalue weighted by molar-refractivity contribution is -0.188. The molecule has 4 saturated heterocycles. The maximum absolute atomic E-state index is 12.8. The van der Waals surface area contributed by atoms with Gasteiger partial charge in [0.15, 0.2) is 41.1 Å². The minimum atomic E-state index is -0.851. The van der Waals surface area contributed by atoms with Crippen molar-refractivity contribution in [3.05, 3.63) is 127 Å². The average molecular weight is 1300 g/mol. The first kappa shape index (κ1) is 67.6. The molecule has 0 aromatic heterocycles. The summed E-state index contributed by atoms with van der Waals surface area (Å²) < 4.78 is 23.2. The number of allylic oxidation sites excluding steroid dienone is 1. The first-order chi connectivity index (χ1) is 44.1. The Morgan fingerprint density at radius 3 is 1.71 bits per heavy atom. The molecule has 1 unspecified atom stereocenters. The molecule has 4 saturated carbocycles. The number of piperidine rings is 4. The summed E-state index contributed by atoms with van der Waals surface area (Å²) in [5.74, 6) is 5.05. The Labute approximate surface area is 562 Å². The number of ketones is 4. The van der Waals surface area contributed by atoms with Crippen molar-refractivity contribution in [2.45, 2.75) is 234 Å². The van der Waals surface area contributed by atoms with Crippen LogP contribution in [0.15, 0.2) is 60.4 Å². The lowest BCUT2D eigenvalue weighted by Gasteiger charge is -2.62. The highest BCUT2D eigenvalue weighted by Gasteiger charge is 2.74. The van der Waals surface area contributed by atoms with Crippen LogP contribution in [-0.4, -0.2) is 173 Å². The molecule has 4 aromatic rings. The Morgan fingerprint density at radius 2 is 1.12 bits per heavy atom. The van der Waals surface area contributed by atoms with Crippen LogP contribution >= 0.6 is 0 Å². The number of fused-ring (bicyclic) bond motifs is 2. The molecule has 0 radical (unpaired) electrons. The van der Waals surface area contributed by atoms with Crippen molar-refractivity contribution in [3.8, 4) is 23.0 Å². The average Bonchev–Trinajstić information content (AvgIpc) is 1.61. The van der Waals surface area contributed by atoms with Crippen LogP contribution in [0.4, 0.5) is 0 Å². The van der Waals surface area contributed by atoms with Crippen molar-refractivity contribution in [2.24, 2.45) is 17.8 Å². The molecule has 6 aliphatic heterocycles. The number of benzene rings is 4. The number of rotatable bonds is 4. The van der Waals surface area contributed by atoms with Crippen LogP contribution < -0.4 is 14.8 Å². The number of nitrogens with one attached hydrogen (secondary N) is 1. The first-order valence-electron chi connectivity index (χ1n) is 34.5. The van der Waals surface area contributed by atoms with E-state index < -0.39 is 34.2 Å². The molecule has 4 aromatic carbocycles. The van der Waals surface area contributed by atoms with Gasteiger partial charge in [0, 0.05) is 103 Å². The summed E-state index contributed by atoms with van der Waals surface area (Å²) in [4.78, 5) is 57.9. The number of carbonyl (C=O) groups is 4. The SMILES string of the molecule is C.C.C.COC1=C[C@@H]2[C@@H]3Cc4ccc(C)c(O)c4[C@]2(CCN3C)CC1=O.COC1C[C@@H]2[C@@H]3Cc4ccc(C)c(O)c4[C@]2(CCN3C)CC1=O.Cc1ccc2c3c1O[C@@H]1C(=O)CC[C@]4(O)[C@H](C2)N(CC2CC2)CC[C@@]314.Cc1ccc2c3c1O[C@@H]1C(=O)CC[C@]4(O)[C@H](C2)NCC[C@@]314. The van der Waals surface area contributed by atoms with Crippen molar-refractivity contribution in [1.82, 2.24) is 20.0 Å². The number of likely N-dealkylation sites (tertiary alicyclic amines) is 3. The topological polar surface area (TPSA) is 208 Å². The molecule has 8 bridgehead atoms. The monoisotopic (exact) mass is 1300 g/mol. The van der Waals surface area contributed by atoms with Gasteiger partial charge in [0.2, 0.25) is 0 Å². The van der Waals surface area contributed by atoms with Gasteiger partial charge in [-0.05, 0) is 214 Å². The van der Waals surface area contributed by atoms with Gasteiger partial charge in [-0.2, -0.15) is 0 Å². The van der Waals surface area contributed by atoms with Gasteiger partial charge in [-0.15, -0.1) is 0 Å². The van der Waals surface area contributed by atoms with E-state index in [2.05, 4.69) is 77.4 Å². The molecule has 15 atom stereocenters. The third-order valence-corrected chi connectivity index (χ3v) is 26.9. The van der Waals surface area contributed by atoms with Gasteiger partial charge in [0.1, 0.15) is 29.1 Å². The van der Waals surface area contributed by atoms with E-state index in [0.29, 0.717) is 73.8 Å². The van der Waals surface area contributed by atoms with Crippen LogP contribution in [0.2, 0.25) is 0 Å². The fraction of sp³-hybridized carbons (Fsp3) is 0.620. The number of hydrogen-bond donors (Lipinski definition) is 5. The number of likely N-dealkylation sites (N-methyl/N-ethyl adjacent to an activating group) is 2. The number of Topliss-reactive ketones (excluding diaryl/α,β-unsaturated/α-hetero) is 4. The fourth-order valence-corrected chi connectivity index (χ4v) is 22.2. The normalized spacial score (nSPS) is 37.1. The third-order valence-electron chi connectivity index (χ3n) is 26.9. The van der Waals surface area contributed by atoms with E-state index in [0.717, 1.165) is 147 Å². The zero-order chi connectivity index (χ0) is 64.1. The van der Waals surface area contributed by atoms with Crippen molar-refractivity contribution >= 4 is 23.1 Å². The van der Waals surface area contributed by atoms with E-state index in [4.69, 9.17) is 18.9 Å². The molecule has 0 amide bonds. The predicted molar refractivity (Wildman–Crippen MR) is 365 cm³/mol. The molecule has 2 spiro atoms. The second-order valence-electron chi connectivity index (χ2n) is 31.0. The van der Waals surface area contributed by atoms with Gasteiger partial charge >= 0.3 is 0 Å². The van der Waals surface area contributed by atoms with Crippen LogP contribution in [-0.2, 0) is 76.0 Å². The van der Waals surface area contributed by atoms with Crippen LogP contribution in [0, 0.1) is 45.4 Å². The van der Waals surface area contributed by atoms with E-state index in [9.17, 15) is 39.6 Å². The van der Waals surface area contributed by atoms with Gasteiger partial charge in [-0.3, -0.25) is 24.1 Å². The zero-order valence-electron chi connectivity index (χ0n) is 54.9. The number of phenolic OH excluding ortho intramolecular Hbond substituents is 2. The predicted octanol–water partition coefficient (Wildman–Crippen LogP) is 9.55. The number of carbonyl (C=O) groups excluding carboxylic acids is 4. The maximum Gasteiger partial charge on any atom is 0.197 e. The molecule has 19 rings (SSSR count). The van der Waals surface area contributed by atoms with Gasteiger partial charge in [0.05, 0.1) is 29.1 Å². The number of methoxy groups -OCH3 is 2. The van der Waals surface area contributed by atoms with Gasteiger partial charge in [-0.25, -0.2) is 0 Å². The highest BCUT2D eigenvalue weighted by molar-refractivity contribution is 5.96. The van der Waals surface area contributed by atoms with Crippen molar-refractivity contribution in [3.63, 3.8) is 0 Å². The molecule has 512 valence electrons. The Hall–Kier alpha value is -5.98. The minimum absolute atomic E-state index is 0. The molecule has 16 heteroatoms. The summed E-state index contributed by atoms with van der Waals surface area (Å²) in [5, 5.41) is 48.7. The Kier molecular flexibility index (Phi) is 16.8. The number of ether oxygens (including phenoxy) is 4. The second-order valence-corrected chi connectivity index (χ2v) is 31.0. The maximum atomic E-state index is 12.8. The van der Waals surface area contributed by atoms with Crippen LogP contribution in [0.3, 0.4) is 0 Å². The molecular formula is C79H104N4O12. The highest BCUT2D eigenvalue weighted by Crippen LogP contribution is 2.66. The Morgan fingerprint density at radius 1 is 0.589 bits per heavy atom. The molecule has 8 fully saturated rings. The van der Waals surface area contributed by atoms with Crippen LogP contribution in [0.25, 0.3) is 0 Å². The van der Waals surface area contributed by atoms with Crippen LogP contribution in [0.1, 0.15) is 173 Å². The van der Waals surface area contributed by atoms with E-state index in [1.807, 2.05) is 39.0 Å². The summed E-state index contributed by atoms with van der Waals surface area (Å²) >= 11 is 0. The largest absolute Gasteiger partial charge is 0.507 e. The molecule has 95 heavy (non-hydrogen) atoms. The minimum Gasteiger partial charge on any atom is -0.507 e. The number of aryl methyl sites for hydroxylation is 4. The van der Waals surface area contributed by atoms with E-state index in [1.165, 1.54) is 40.7 Å². The van der Waals surface area contributed by atoms with E-state index in [-0.39, 0.29) is 80.3 Å². The van der Waals surface area contributed by atoms with Gasteiger partial charge < -0.3 is 54.5 Å². The van der Waals surface area contributed by atoms with Gasteiger partial charge in [-0.1, -0.05) is 70.8 Å². The quantitative estimate of drug-likeness (QED) is 0.129. The third kappa shape index (κ3) is 9.20. The van der Waals surface area contributed by atoms with Crippen molar-refractivity contribution in [2.75, 3.05) is 61.0 Å². The van der Waals surface area contributed by atoms with Crippen LogP contribution in [0.5, 0.6) is 23.0 Å². The molecule has 9 aliphatic carbocycles. The molecule has 16 nitrogen and oxygen atoms in total. The molecule has 5 N–H and O–H groups in total. The summed E-state index contributed by atoms with van der Waals surface area (Å²) in [7, 11) is 7.55. The second kappa shape index (κ2) is 23.6. The first-order valence-corrected chi connectivity index (χ1v) is 34.5. The van der Waals surface area contributed by atoms with Crippen molar-refractivity contribution < 1.29 is 58.6 Å². The summed E-state index contributed by atoms with van der Waals surface area (Å²) in [6.07, 6.45) is 14.2. The van der Waals surface area contributed by atoms with Gasteiger partial charge in [0.25, 0.3) is 0 Å². The lowest BCUT2D eigenvalue weighted by Crippen LogP contribution is -2.76. The summed E-state index contributed by atoms with van der Waals surface area (Å²) in [6.45, 7) is 12.8. The summed E-state index contributed by atoms with van der Waals surface area (Å²) in [6, 6.07) is 17.8. The zero-order valence-corrected chi connectivity index (χ0v) is 54.9. The standard InChI is InChI=1S/C21H25NO3.C19H25NO3.C19H23NO3.C17H19NO3.3CH4/c1-12-2-5-14-10-16-21(24)7-6-15(23)19-20(21,17(14)18(12)25-19)8-9-22(16)11-13-3-4-13;2*1-11-4-5-12-8-14-13-9-16(23-3)15(21)10-19(13,6-7-20(14)2)17(12)18(11)22;1-9-2-3-10-8-12-17(20)5-4-11(19)15-16(17,6-7-18-12)13(10)14(9)21-15;;;/h2,5,13,16,19,24H,3-4,6-11H2,1H3;4-5,13-14,16,22H,6-10H2,1-3H3;4-5,9,13-14,22H,6-8,10H2,1-3H3;2-3,12,15,18,20H,4-8H2,1H3;3*1H4/t16-,19+,20+,21-;13-,14+,16?,19-;13-,14+,19-;12-,15+,16+,17-;;;/m0110.../s1. The fourth-order valence-electron chi connectivity index (χ4n) is 22.2. The number of nitrogens with zero attached hydrogens (tertiary/aromatic N) is 3. The summed E-state index contributed by atoms with van der Waals surface area (Å²) in [5.41, 5.74) is 10.1. The van der Waals surface area contributed by atoms with Crippen molar-refractivity contribution in [1.29, 1.82) is 0 Å². The van der Waals surface area contributed by atoms with E-state index >= 15 is 0 Å². The number of aliphatic hydroxyl groups is 2. The lowest BCUT2D eigenvalue weighted by atomic mass is 9.49. The molecule has 6 heterocycles. The molecule has 15 aliphatic rings. The number of hydrogen-bond acceptors (Lipinski definition) is 16. The van der Waals surface area contributed by atoms with E-state index in [1.54, 1.807) is 14.2 Å². The number of aromatic hydroxyl groups is 2. The smallest absolute Gasteiger partial charge is 0.197 e. The highest BCUT2D eigenvalue weighted by atomic mass is 16.5. The Balaban J connectivity index is 0.000000114.